The Labute approximate surface area is 218 Å². The van der Waals surface area contributed by atoms with Crippen molar-refractivity contribution in [3.63, 3.8) is 0 Å². The summed E-state index contributed by atoms with van der Waals surface area (Å²) in [5.74, 6) is -0.985. The van der Waals surface area contributed by atoms with Crippen molar-refractivity contribution in [2.45, 2.75) is 46.7 Å². The number of benzene rings is 3. The summed E-state index contributed by atoms with van der Waals surface area (Å²) in [6.45, 7) is 9.66. The van der Waals surface area contributed by atoms with E-state index in [0.717, 1.165) is 33.5 Å². The number of halogens is 1. The molecule has 0 aromatic heterocycles. The van der Waals surface area contributed by atoms with Crippen LogP contribution in [0.4, 0.5) is 15.8 Å². The topological polar surface area (TPSA) is 87.8 Å². The standard InChI is InChI=1S/C30H36FN3O3/c1-18-9-10-20(15-21(18)16-34-13-14-37-26-8-6-7-24(31)23(26)17-34)27(30(3,4)29(35)36)22-11-12-25(33-5)28(32)19(22)2/h6-12,15,27,33H,13-14,16-17,32H2,1-5H3,(H,35,36). The predicted molar refractivity (Wildman–Crippen MR) is 146 cm³/mol. The molecule has 0 fully saturated rings. The van der Waals surface area contributed by atoms with Crippen LogP contribution in [0.15, 0.2) is 48.5 Å². The molecule has 0 spiro atoms. The largest absolute Gasteiger partial charge is 0.492 e. The van der Waals surface area contributed by atoms with E-state index in [2.05, 4.69) is 16.3 Å². The van der Waals surface area contributed by atoms with E-state index in [1.807, 2.05) is 45.2 Å². The maximum atomic E-state index is 14.6. The minimum Gasteiger partial charge on any atom is -0.492 e. The Morgan fingerprint density at radius 3 is 2.68 bits per heavy atom. The van der Waals surface area contributed by atoms with Gasteiger partial charge >= 0.3 is 5.97 Å². The van der Waals surface area contributed by atoms with Crippen molar-refractivity contribution in [2.75, 3.05) is 31.2 Å². The van der Waals surface area contributed by atoms with Crippen LogP contribution >= 0.6 is 0 Å². The maximum absolute atomic E-state index is 14.6. The average Bonchev–Trinajstić information content (AvgIpc) is 3.06. The van der Waals surface area contributed by atoms with E-state index in [1.165, 1.54) is 6.07 Å². The van der Waals surface area contributed by atoms with Gasteiger partial charge < -0.3 is 20.9 Å². The van der Waals surface area contributed by atoms with Crippen LogP contribution in [0.25, 0.3) is 0 Å². The van der Waals surface area contributed by atoms with E-state index >= 15 is 0 Å². The lowest BCUT2D eigenvalue weighted by Crippen LogP contribution is -2.33. The zero-order valence-electron chi connectivity index (χ0n) is 22.2. The molecule has 1 aliphatic rings. The van der Waals surface area contributed by atoms with Gasteiger partial charge in [0.25, 0.3) is 0 Å². The van der Waals surface area contributed by atoms with Gasteiger partial charge in [0.1, 0.15) is 18.2 Å². The molecule has 0 aliphatic carbocycles. The van der Waals surface area contributed by atoms with Crippen molar-refractivity contribution < 1.29 is 19.0 Å². The second-order valence-corrected chi connectivity index (χ2v) is 10.4. The molecule has 0 saturated heterocycles. The molecule has 0 radical (unpaired) electrons. The second-order valence-electron chi connectivity index (χ2n) is 10.4. The molecule has 3 aromatic carbocycles. The smallest absolute Gasteiger partial charge is 0.310 e. The van der Waals surface area contributed by atoms with Crippen LogP contribution in [-0.4, -0.2) is 36.2 Å². The Bertz CT molecular complexity index is 1320. The number of nitrogens with zero attached hydrogens (tertiary/aromatic N) is 1. The molecule has 196 valence electrons. The fourth-order valence-corrected chi connectivity index (χ4v) is 5.22. The van der Waals surface area contributed by atoms with E-state index in [0.29, 0.717) is 43.2 Å². The number of hydrogen-bond donors (Lipinski definition) is 3. The molecule has 4 N–H and O–H groups in total. The zero-order chi connectivity index (χ0) is 26.9. The Morgan fingerprint density at radius 1 is 1.22 bits per heavy atom. The van der Waals surface area contributed by atoms with Crippen molar-refractivity contribution >= 4 is 17.3 Å². The number of carbonyl (C=O) groups is 1. The third-order valence-corrected chi connectivity index (χ3v) is 7.63. The molecule has 7 heteroatoms. The van der Waals surface area contributed by atoms with Crippen LogP contribution in [0.3, 0.4) is 0 Å². The summed E-state index contributed by atoms with van der Waals surface area (Å²) in [6.07, 6.45) is 0. The quantitative estimate of drug-likeness (QED) is 0.357. The third kappa shape index (κ3) is 5.14. The number of aliphatic carboxylic acids is 1. The highest BCUT2D eigenvalue weighted by Crippen LogP contribution is 2.45. The highest BCUT2D eigenvalue weighted by atomic mass is 19.1. The number of ether oxygens (including phenoxy) is 1. The summed E-state index contributed by atoms with van der Waals surface area (Å²) < 4.78 is 20.4. The van der Waals surface area contributed by atoms with E-state index in [4.69, 9.17) is 10.5 Å². The number of fused-ring (bicyclic) bond motifs is 1. The van der Waals surface area contributed by atoms with E-state index < -0.39 is 17.3 Å². The molecule has 0 bridgehead atoms. The lowest BCUT2D eigenvalue weighted by Gasteiger charge is -2.34. The molecule has 6 nitrogen and oxygen atoms in total. The van der Waals surface area contributed by atoms with E-state index in [9.17, 15) is 14.3 Å². The van der Waals surface area contributed by atoms with Crippen molar-refractivity contribution in [1.82, 2.24) is 4.90 Å². The zero-order valence-corrected chi connectivity index (χ0v) is 22.2. The lowest BCUT2D eigenvalue weighted by molar-refractivity contribution is -0.147. The summed E-state index contributed by atoms with van der Waals surface area (Å²) in [7, 11) is 1.81. The van der Waals surface area contributed by atoms with Crippen LogP contribution in [-0.2, 0) is 17.9 Å². The van der Waals surface area contributed by atoms with Crippen LogP contribution < -0.4 is 15.8 Å². The van der Waals surface area contributed by atoms with Gasteiger partial charge in [-0.2, -0.15) is 0 Å². The molecule has 4 rings (SSSR count). The van der Waals surface area contributed by atoms with E-state index in [1.54, 1.807) is 26.0 Å². The van der Waals surface area contributed by atoms with Gasteiger partial charge in [0, 0.05) is 38.2 Å². The first-order valence-corrected chi connectivity index (χ1v) is 12.6. The van der Waals surface area contributed by atoms with Crippen molar-refractivity contribution in [3.05, 3.63) is 87.7 Å². The Hall–Kier alpha value is -3.58. The summed E-state index contributed by atoms with van der Waals surface area (Å²) in [5.41, 5.74) is 12.1. The molecule has 1 unspecified atom stereocenters. The molecule has 1 atom stereocenters. The third-order valence-electron chi connectivity index (χ3n) is 7.63. The molecule has 0 saturated carbocycles. The SMILES string of the molecule is CNc1ccc(C(c2ccc(C)c(CN3CCOc4cccc(F)c4C3)c2)C(C)(C)C(=O)O)c(C)c1N. The number of carboxylic acids is 1. The van der Waals surface area contributed by atoms with Crippen molar-refractivity contribution in [3.8, 4) is 5.75 Å². The van der Waals surface area contributed by atoms with Crippen LogP contribution in [0, 0.1) is 25.1 Å². The molecule has 3 aromatic rings. The molecular formula is C30H36FN3O3. The average molecular weight is 506 g/mol. The molecule has 37 heavy (non-hydrogen) atoms. The maximum Gasteiger partial charge on any atom is 0.310 e. The number of aryl methyl sites for hydroxylation is 1. The van der Waals surface area contributed by atoms with Crippen LogP contribution in [0.5, 0.6) is 5.75 Å². The highest BCUT2D eigenvalue weighted by molar-refractivity contribution is 5.78. The molecule has 1 aliphatic heterocycles. The van der Waals surface area contributed by atoms with E-state index in [-0.39, 0.29) is 5.82 Å². The monoisotopic (exact) mass is 505 g/mol. The van der Waals surface area contributed by atoms with Gasteiger partial charge in [0.2, 0.25) is 0 Å². The number of hydrogen-bond acceptors (Lipinski definition) is 5. The Kier molecular flexibility index (Phi) is 7.46. The Balaban J connectivity index is 1.75. The predicted octanol–water partition coefficient (Wildman–Crippen LogP) is 5.70. The number of anilines is 2. The van der Waals surface area contributed by atoms with Gasteiger partial charge in [-0.25, -0.2) is 4.39 Å². The highest BCUT2D eigenvalue weighted by Gasteiger charge is 2.40. The lowest BCUT2D eigenvalue weighted by atomic mass is 9.69. The normalized spacial score (nSPS) is 14.9. The van der Waals surface area contributed by atoms with Crippen molar-refractivity contribution in [2.24, 2.45) is 5.41 Å². The minimum absolute atomic E-state index is 0.267. The van der Waals surface area contributed by atoms with Crippen LogP contribution in [0.2, 0.25) is 0 Å². The number of nitrogen functional groups attached to an aromatic ring is 1. The van der Waals surface area contributed by atoms with Gasteiger partial charge in [0.05, 0.1) is 16.8 Å². The van der Waals surface area contributed by atoms with Gasteiger partial charge in [-0.3, -0.25) is 9.69 Å². The molecule has 0 amide bonds. The van der Waals surface area contributed by atoms with Gasteiger partial charge in [-0.1, -0.05) is 30.3 Å². The second kappa shape index (κ2) is 10.4. The summed E-state index contributed by atoms with van der Waals surface area (Å²) >= 11 is 0. The fourth-order valence-electron chi connectivity index (χ4n) is 5.22. The summed E-state index contributed by atoms with van der Waals surface area (Å²) in [5, 5.41) is 13.3. The number of nitrogens with one attached hydrogen (secondary N) is 1. The minimum atomic E-state index is -1.09. The fraction of sp³-hybridized carbons (Fsp3) is 0.367. The molecule has 1 heterocycles. The van der Waals surface area contributed by atoms with Gasteiger partial charge in [0.15, 0.2) is 0 Å². The van der Waals surface area contributed by atoms with Crippen molar-refractivity contribution in [1.29, 1.82) is 0 Å². The number of rotatable bonds is 7. The number of carboxylic acid groups (broad SMARTS) is 1. The first-order chi connectivity index (χ1) is 17.5. The first-order valence-electron chi connectivity index (χ1n) is 12.6. The number of nitrogens with two attached hydrogens (primary N) is 1. The molecular weight excluding hydrogens is 469 g/mol. The van der Waals surface area contributed by atoms with Crippen LogP contribution in [0.1, 0.15) is 53.1 Å². The van der Waals surface area contributed by atoms with Gasteiger partial charge in [-0.15, -0.1) is 0 Å². The van der Waals surface area contributed by atoms with Gasteiger partial charge in [-0.05, 0) is 73.7 Å². The Morgan fingerprint density at radius 2 is 1.97 bits per heavy atom. The summed E-state index contributed by atoms with van der Waals surface area (Å²) in [6, 6.07) is 15.0. The first kappa shape index (κ1) is 26.5. The summed E-state index contributed by atoms with van der Waals surface area (Å²) in [4.78, 5) is 14.7.